The molecule has 2 aromatic rings. The van der Waals surface area contributed by atoms with Crippen molar-refractivity contribution in [3.63, 3.8) is 0 Å². The number of piperidine rings is 1. The minimum absolute atomic E-state index is 0.0873. The number of ether oxygens (including phenoxy) is 1. The van der Waals surface area contributed by atoms with Crippen LogP contribution in [0.3, 0.4) is 0 Å². The molecule has 158 valence electrons. The minimum Gasteiger partial charge on any atom is -0.375 e. The number of hydrogen-bond donors (Lipinski definition) is 2. The topological polar surface area (TPSA) is 65.2 Å². The normalized spacial score (nSPS) is 30.4. The third-order valence-electron chi connectivity index (χ3n) is 7.46. The fourth-order valence-electron chi connectivity index (χ4n) is 6.04. The maximum atomic E-state index is 13.8. The molecule has 2 bridgehead atoms. The van der Waals surface area contributed by atoms with Gasteiger partial charge in [0.15, 0.2) is 0 Å². The second kappa shape index (κ2) is 6.94. The molecular weight excluding hydrogens is 376 g/mol. The molecule has 3 fully saturated rings. The van der Waals surface area contributed by atoms with Gasteiger partial charge < -0.3 is 15.0 Å². The molecule has 30 heavy (non-hydrogen) atoms. The number of nitrogens with two attached hydrogens (primary N) is 1. The molecule has 1 aromatic carbocycles. The molecule has 7 rings (SSSR count). The van der Waals surface area contributed by atoms with Crippen LogP contribution in [-0.2, 0) is 16.0 Å². The molecular formula is C24H31N4O2+. The van der Waals surface area contributed by atoms with Gasteiger partial charge in [0.25, 0.3) is 0 Å². The number of nitrogens with one attached hydrogen (secondary N) is 1. The Morgan fingerprint density at radius 3 is 2.97 bits per heavy atom. The van der Waals surface area contributed by atoms with Crippen molar-refractivity contribution in [2.75, 3.05) is 19.7 Å². The van der Waals surface area contributed by atoms with E-state index in [9.17, 15) is 4.79 Å². The van der Waals surface area contributed by atoms with Crippen LogP contribution in [0, 0.1) is 5.92 Å². The largest absolute Gasteiger partial charge is 0.375 e. The van der Waals surface area contributed by atoms with Crippen LogP contribution in [0.2, 0.25) is 0 Å². The Balaban J connectivity index is 1.34. The van der Waals surface area contributed by atoms with E-state index < -0.39 is 0 Å². The lowest BCUT2D eigenvalue weighted by Crippen LogP contribution is -2.93. The zero-order chi connectivity index (χ0) is 20.4. The van der Waals surface area contributed by atoms with Crippen LogP contribution in [0.1, 0.15) is 37.8 Å². The van der Waals surface area contributed by atoms with Crippen molar-refractivity contribution in [2.24, 2.45) is 5.92 Å². The van der Waals surface area contributed by atoms with Crippen LogP contribution in [0.5, 0.6) is 0 Å². The molecule has 0 radical (unpaired) electrons. The van der Waals surface area contributed by atoms with Gasteiger partial charge in [-0.15, -0.1) is 0 Å². The van der Waals surface area contributed by atoms with Crippen molar-refractivity contribution in [1.29, 1.82) is 0 Å². The number of carbonyl (C=O) groups excluding carboxylic acids is 1. The first kappa shape index (κ1) is 18.6. The molecule has 1 aromatic heterocycles. The maximum absolute atomic E-state index is 13.8. The Hall–Kier alpha value is -2.15. The van der Waals surface area contributed by atoms with Crippen molar-refractivity contribution in [3.8, 4) is 0 Å². The minimum atomic E-state index is -0.0873. The van der Waals surface area contributed by atoms with Crippen molar-refractivity contribution in [1.82, 2.24) is 15.0 Å². The molecule has 1 amide bonds. The van der Waals surface area contributed by atoms with E-state index in [4.69, 9.17) is 4.74 Å². The van der Waals surface area contributed by atoms with Gasteiger partial charge in [0.2, 0.25) is 5.91 Å². The number of benzene rings is 1. The number of amides is 1. The van der Waals surface area contributed by atoms with Gasteiger partial charge in [0.05, 0.1) is 25.3 Å². The van der Waals surface area contributed by atoms with Gasteiger partial charge >= 0.3 is 0 Å². The molecule has 0 saturated carbocycles. The van der Waals surface area contributed by atoms with E-state index in [-0.39, 0.29) is 24.0 Å². The highest BCUT2D eigenvalue weighted by molar-refractivity contribution is 5.98. The Bertz CT molecular complexity index is 1020. The van der Waals surface area contributed by atoms with Gasteiger partial charge in [-0.2, -0.15) is 0 Å². The van der Waals surface area contributed by atoms with E-state index in [0.29, 0.717) is 12.1 Å². The Morgan fingerprint density at radius 2 is 2.23 bits per heavy atom. The van der Waals surface area contributed by atoms with Crippen LogP contribution < -0.4 is 5.32 Å². The van der Waals surface area contributed by atoms with Crippen LogP contribution in [-0.4, -0.2) is 64.8 Å². The van der Waals surface area contributed by atoms with Gasteiger partial charge in [-0.05, 0) is 43.9 Å². The molecule has 3 N–H and O–H groups in total. The smallest absolute Gasteiger partial charge is 0.249 e. The fourth-order valence-corrected chi connectivity index (χ4v) is 6.04. The van der Waals surface area contributed by atoms with Crippen molar-refractivity contribution in [2.45, 2.75) is 57.3 Å². The van der Waals surface area contributed by atoms with Gasteiger partial charge in [-0.1, -0.05) is 18.2 Å². The summed E-state index contributed by atoms with van der Waals surface area (Å²) < 4.78 is 5.89. The van der Waals surface area contributed by atoms with Crippen LogP contribution in [0.4, 0.5) is 0 Å². The summed E-state index contributed by atoms with van der Waals surface area (Å²) in [5.41, 5.74) is 5.24. The summed E-state index contributed by atoms with van der Waals surface area (Å²) in [6.07, 6.45) is 7.99. The molecule has 4 aliphatic heterocycles. The molecule has 0 unspecified atom stereocenters. The first-order chi connectivity index (χ1) is 14.6. The first-order valence-electron chi connectivity index (χ1n) is 11.5. The third kappa shape index (κ3) is 2.77. The Kier molecular flexibility index (Phi) is 4.30. The Morgan fingerprint density at radius 1 is 1.33 bits per heavy atom. The monoisotopic (exact) mass is 407 g/mol. The predicted molar refractivity (Wildman–Crippen MR) is 116 cm³/mol. The van der Waals surface area contributed by atoms with Crippen molar-refractivity contribution < 1.29 is 14.8 Å². The van der Waals surface area contributed by atoms with Gasteiger partial charge in [-0.25, -0.2) is 5.01 Å². The average molecular weight is 408 g/mol. The molecule has 1 aliphatic carbocycles. The standard InChI is InChI=1S/C24H30N4O2/c1-14(2)28(27-12-18-7-6-17(27)13-30-18)24(29)16-8-20-19-4-3-5-21-23(19)15(10-25-21)9-22(20)26-11-16/h3-5,8,10,14,16-18,22,25-26H,6-7,9,11-13H2,1-2H3/p+1/t16-,17+,18+,22-/m1/s1. The van der Waals surface area contributed by atoms with E-state index >= 15 is 0 Å². The van der Waals surface area contributed by atoms with Gasteiger partial charge in [0.1, 0.15) is 12.0 Å². The molecule has 4 atom stereocenters. The van der Waals surface area contributed by atoms with E-state index in [2.05, 4.69) is 64.6 Å². The third-order valence-corrected chi connectivity index (χ3v) is 7.46. The molecule has 6 nitrogen and oxygen atoms in total. The molecule has 5 heterocycles. The lowest BCUT2D eigenvalue weighted by molar-refractivity contribution is -0.681. The lowest BCUT2D eigenvalue weighted by Gasteiger charge is -2.51. The molecule has 6 heteroatoms. The summed E-state index contributed by atoms with van der Waals surface area (Å²) >= 11 is 0. The number of morpholine rings is 1. The molecule has 5 aliphatic rings. The first-order valence-corrected chi connectivity index (χ1v) is 11.5. The van der Waals surface area contributed by atoms with E-state index in [1.807, 2.05) is 0 Å². The number of aromatic amines is 1. The number of fused-ring (bicyclic) bond motifs is 5. The maximum Gasteiger partial charge on any atom is 0.249 e. The number of quaternary nitrogens is 1. The second-order valence-corrected chi connectivity index (χ2v) is 9.64. The summed E-state index contributed by atoms with van der Waals surface area (Å²) in [6.45, 7) is 6.69. The number of H-pyrrole nitrogens is 1. The summed E-state index contributed by atoms with van der Waals surface area (Å²) in [7, 11) is 0. The number of nitrogens with zero attached hydrogens (tertiary/aromatic N) is 2. The van der Waals surface area contributed by atoms with Gasteiger partial charge in [-0.3, -0.25) is 9.80 Å². The van der Waals surface area contributed by atoms with E-state index in [0.717, 1.165) is 39.0 Å². The zero-order valence-electron chi connectivity index (χ0n) is 17.8. The van der Waals surface area contributed by atoms with Crippen molar-refractivity contribution in [3.05, 3.63) is 41.6 Å². The van der Waals surface area contributed by atoms with Crippen LogP contribution in [0.15, 0.2) is 30.5 Å². The second-order valence-electron chi connectivity index (χ2n) is 9.64. The van der Waals surface area contributed by atoms with Gasteiger partial charge in [0, 0.05) is 41.7 Å². The zero-order valence-corrected chi connectivity index (χ0v) is 17.8. The number of aromatic nitrogens is 1. The number of rotatable bonds is 3. The van der Waals surface area contributed by atoms with E-state index in [1.165, 1.54) is 27.6 Å². The summed E-state index contributed by atoms with van der Waals surface area (Å²) in [5.74, 6) is 0.155. The number of carbonyl (C=O) groups is 1. The number of hydrogen-bond acceptors (Lipinski definition) is 3. The van der Waals surface area contributed by atoms with E-state index in [1.54, 1.807) is 0 Å². The summed E-state index contributed by atoms with van der Waals surface area (Å²) in [4.78, 5) is 17.2. The fraction of sp³-hybridized carbons (Fsp3) is 0.542. The Labute approximate surface area is 177 Å². The predicted octanol–water partition coefficient (Wildman–Crippen LogP) is 1.68. The highest BCUT2D eigenvalue weighted by atomic mass is 16.5. The molecule has 0 spiro atoms. The lowest BCUT2D eigenvalue weighted by atomic mass is 9.80. The SMILES string of the molecule is CC(C)N(C(=O)[C@@H]1C=C2c3cccc4[nH]cc(c34)C[C@H]2[NH2+]C1)N1C[C@@H]2CC[C@H]1CO2. The summed E-state index contributed by atoms with van der Waals surface area (Å²) in [5, 5.41) is 8.10. The average Bonchev–Trinajstić information content (AvgIpc) is 3.18. The quantitative estimate of drug-likeness (QED) is 0.814. The highest BCUT2D eigenvalue weighted by Gasteiger charge is 2.43. The van der Waals surface area contributed by atoms with Crippen LogP contribution >= 0.6 is 0 Å². The summed E-state index contributed by atoms with van der Waals surface area (Å²) in [6, 6.07) is 7.39. The van der Waals surface area contributed by atoms with Crippen molar-refractivity contribution >= 4 is 22.4 Å². The highest BCUT2D eigenvalue weighted by Crippen LogP contribution is 2.37. The molecule has 3 saturated heterocycles. The number of hydrazine groups is 1. The van der Waals surface area contributed by atoms with Crippen LogP contribution in [0.25, 0.3) is 16.5 Å².